The molecule has 96 valence electrons. The van der Waals surface area contributed by atoms with Crippen molar-refractivity contribution in [1.29, 1.82) is 5.26 Å². The summed E-state index contributed by atoms with van der Waals surface area (Å²) in [6, 6.07) is 6.97. The fraction of sp³-hybridized carbons (Fsp3) is 0.385. The van der Waals surface area contributed by atoms with Crippen LogP contribution in [-0.4, -0.2) is 44.8 Å². The number of rotatable bonds is 7. The van der Waals surface area contributed by atoms with Gasteiger partial charge in [-0.1, -0.05) is 0 Å². The first-order valence-electron chi connectivity index (χ1n) is 5.61. The van der Waals surface area contributed by atoms with Crippen molar-refractivity contribution in [3.63, 3.8) is 0 Å². The third-order valence-electron chi connectivity index (χ3n) is 2.55. The molecule has 0 saturated heterocycles. The zero-order valence-corrected chi connectivity index (χ0v) is 10.3. The lowest BCUT2D eigenvalue weighted by Crippen LogP contribution is -2.30. The van der Waals surface area contributed by atoms with Crippen molar-refractivity contribution in [2.24, 2.45) is 0 Å². The second kappa shape index (κ2) is 7.43. The molecule has 18 heavy (non-hydrogen) atoms. The van der Waals surface area contributed by atoms with E-state index in [-0.39, 0.29) is 6.61 Å². The van der Waals surface area contributed by atoms with E-state index in [0.29, 0.717) is 42.8 Å². The van der Waals surface area contributed by atoms with Crippen LogP contribution in [0.15, 0.2) is 18.2 Å². The summed E-state index contributed by atoms with van der Waals surface area (Å²) in [6.07, 6.45) is 0.705. The Morgan fingerprint density at radius 2 is 2.28 bits per heavy atom. The summed E-state index contributed by atoms with van der Waals surface area (Å²) in [4.78, 5) is 12.5. The fourth-order valence-electron chi connectivity index (χ4n) is 1.67. The first kappa shape index (κ1) is 14.2. The molecule has 5 nitrogen and oxygen atoms in total. The van der Waals surface area contributed by atoms with E-state index in [2.05, 4.69) is 6.07 Å². The highest BCUT2D eigenvalue weighted by Crippen LogP contribution is 2.20. The normalized spacial score (nSPS) is 9.83. The molecule has 1 aromatic carbocycles. The highest BCUT2D eigenvalue weighted by atomic mass is 16.5. The van der Waals surface area contributed by atoms with Gasteiger partial charge in [0.05, 0.1) is 24.5 Å². The third kappa shape index (κ3) is 3.55. The molecule has 1 N–H and O–H groups in total. The van der Waals surface area contributed by atoms with Crippen molar-refractivity contribution in [1.82, 2.24) is 0 Å². The van der Waals surface area contributed by atoms with E-state index < -0.39 is 0 Å². The summed E-state index contributed by atoms with van der Waals surface area (Å²) in [5, 5.41) is 18.1. The van der Waals surface area contributed by atoms with Crippen LogP contribution in [0.3, 0.4) is 0 Å². The number of methoxy groups -OCH3 is 1. The number of hydrogen-bond acceptors (Lipinski definition) is 5. The van der Waals surface area contributed by atoms with E-state index >= 15 is 0 Å². The smallest absolute Gasteiger partial charge is 0.150 e. The van der Waals surface area contributed by atoms with Crippen LogP contribution in [0.25, 0.3) is 0 Å². The van der Waals surface area contributed by atoms with Crippen LogP contribution in [0.2, 0.25) is 0 Å². The van der Waals surface area contributed by atoms with Gasteiger partial charge in [0.1, 0.15) is 12.4 Å². The summed E-state index contributed by atoms with van der Waals surface area (Å²) < 4.78 is 5.00. The van der Waals surface area contributed by atoms with Gasteiger partial charge in [-0.3, -0.25) is 4.79 Å². The molecule has 0 aliphatic rings. The Balaban J connectivity index is 3.03. The molecule has 0 saturated carbocycles. The number of carbonyl (C=O) groups excluding carboxylic acids is 1. The standard InChI is InChI=1S/C13H16N2O3/c1-18-7-5-15(4-6-16)13-3-2-11(10-17)8-12(13)9-14/h2-3,8,10,16H,4-7H2,1H3. The second-order valence-corrected chi connectivity index (χ2v) is 3.71. The molecule has 0 bridgehead atoms. The van der Waals surface area contributed by atoms with Crippen molar-refractivity contribution < 1.29 is 14.6 Å². The number of hydrogen-bond donors (Lipinski definition) is 1. The average Bonchev–Trinajstić information content (AvgIpc) is 2.42. The molecule has 0 radical (unpaired) electrons. The maximum Gasteiger partial charge on any atom is 0.150 e. The van der Waals surface area contributed by atoms with Gasteiger partial charge >= 0.3 is 0 Å². The first-order valence-corrected chi connectivity index (χ1v) is 5.61. The zero-order valence-electron chi connectivity index (χ0n) is 10.3. The average molecular weight is 248 g/mol. The Labute approximate surface area is 106 Å². The Morgan fingerprint density at radius 1 is 1.50 bits per heavy atom. The lowest BCUT2D eigenvalue weighted by atomic mass is 10.1. The Kier molecular flexibility index (Phi) is 5.85. The number of nitriles is 1. The van der Waals surface area contributed by atoms with Crippen molar-refractivity contribution in [3.8, 4) is 6.07 Å². The molecule has 1 rings (SSSR count). The molecule has 0 fully saturated rings. The van der Waals surface area contributed by atoms with Crippen molar-refractivity contribution in [2.75, 3.05) is 38.3 Å². The van der Waals surface area contributed by atoms with E-state index in [1.54, 1.807) is 25.3 Å². The Hall–Kier alpha value is -1.90. The number of aliphatic hydroxyl groups excluding tert-OH is 1. The van der Waals surface area contributed by atoms with Gasteiger partial charge in [0.15, 0.2) is 0 Å². The van der Waals surface area contributed by atoms with Crippen molar-refractivity contribution >= 4 is 12.0 Å². The molecule has 1 aromatic rings. The van der Waals surface area contributed by atoms with Gasteiger partial charge in [-0.2, -0.15) is 5.26 Å². The van der Waals surface area contributed by atoms with E-state index in [1.165, 1.54) is 0 Å². The first-order chi connectivity index (χ1) is 8.76. The number of nitrogens with zero attached hydrogens (tertiary/aromatic N) is 2. The number of aliphatic hydroxyl groups is 1. The molecule has 0 aromatic heterocycles. The molecular weight excluding hydrogens is 232 g/mol. The van der Waals surface area contributed by atoms with Crippen LogP contribution >= 0.6 is 0 Å². The number of carbonyl (C=O) groups is 1. The molecule has 0 unspecified atom stereocenters. The quantitative estimate of drug-likeness (QED) is 0.723. The molecule has 0 amide bonds. The van der Waals surface area contributed by atoms with Gasteiger partial charge in [-0.15, -0.1) is 0 Å². The van der Waals surface area contributed by atoms with Gasteiger partial charge in [0.2, 0.25) is 0 Å². The summed E-state index contributed by atoms with van der Waals surface area (Å²) in [5.74, 6) is 0. The monoisotopic (exact) mass is 248 g/mol. The van der Waals surface area contributed by atoms with E-state index in [9.17, 15) is 4.79 Å². The maximum atomic E-state index is 10.7. The highest BCUT2D eigenvalue weighted by molar-refractivity contribution is 5.78. The molecule has 0 atom stereocenters. The number of benzene rings is 1. The van der Waals surface area contributed by atoms with Crippen LogP contribution in [-0.2, 0) is 4.74 Å². The molecule has 0 spiro atoms. The summed E-state index contributed by atoms with van der Waals surface area (Å²) in [5.41, 5.74) is 1.59. The summed E-state index contributed by atoms with van der Waals surface area (Å²) in [7, 11) is 1.60. The Bertz CT molecular complexity index is 440. The van der Waals surface area contributed by atoms with Gasteiger partial charge in [0.25, 0.3) is 0 Å². The minimum absolute atomic E-state index is 0.00991. The lowest BCUT2D eigenvalue weighted by Gasteiger charge is -2.24. The maximum absolute atomic E-state index is 10.7. The second-order valence-electron chi connectivity index (χ2n) is 3.71. The van der Waals surface area contributed by atoms with Gasteiger partial charge < -0.3 is 14.7 Å². The Morgan fingerprint density at radius 3 is 2.83 bits per heavy atom. The van der Waals surface area contributed by atoms with Crippen LogP contribution < -0.4 is 4.90 Å². The highest BCUT2D eigenvalue weighted by Gasteiger charge is 2.11. The predicted molar refractivity (Wildman–Crippen MR) is 67.7 cm³/mol. The van der Waals surface area contributed by atoms with Crippen LogP contribution in [0.5, 0.6) is 0 Å². The van der Waals surface area contributed by atoms with Crippen molar-refractivity contribution in [3.05, 3.63) is 29.3 Å². The SMILES string of the molecule is COCCN(CCO)c1ccc(C=O)cc1C#N. The largest absolute Gasteiger partial charge is 0.395 e. The van der Waals surface area contributed by atoms with Gasteiger partial charge in [-0.25, -0.2) is 0 Å². The topological polar surface area (TPSA) is 73.6 Å². The fourth-order valence-corrected chi connectivity index (χ4v) is 1.67. The minimum Gasteiger partial charge on any atom is -0.395 e. The minimum atomic E-state index is -0.00991. The van der Waals surface area contributed by atoms with Crippen molar-refractivity contribution in [2.45, 2.75) is 0 Å². The number of ether oxygens (including phenoxy) is 1. The predicted octanol–water partition coefficient (Wildman–Crippen LogP) is 0.816. The zero-order chi connectivity index (χ0) is 13.4. The van der Waals surface area contributed by atoms with Gasteiger partial charge in [-0.05, 0) is 18.2 Å². The lowest BCUT2D eigenvalue weighted by molar-refractivity contribution is 0.112. The van der Waals surface area contributed by atoms with Crippen LogP contribution in [0.4, 0.5) is 5.69 Å². The summed E-state index contributed by atoms with van der Waals surface area (Å²) in [6.45, 7) is 1.48. The van der Waals surface area contributed by atoms with Crippen LogP contribution in [0.1, 0.15) is 15.9 Å². The van der Waals surface area contributed by atoms with Gasteiger partial charge in [0, 0.05) is 25.8 Å². The third-order valence-corrected chi connectivity index (χ3v) is 2.55. The van der Waals surface area contributed by atoms with Crippen LogP contribution in [0, 0.1) is 11.3 Å². The molecule has 0 aliphatic heterocycles. The van der Waals surface area contributed by atoms with E-state index in [1.807, 2.05) is 4.90 Å². The molecule has 0 aliphatic carbocycles. The molecule has 0 heterocycles. The van der Waals surface area contributed by atoms with E-state index in [4.69, 9.17) is 15.1 Å². The molecular formula is C13H16N2O3. The number of anilines is 1. The molecule has 5 heteroatoms. The van der Waals surface area contributed by atoms with E-state index in [0.717, 1.165) is 0 Å². The summed E-state index contributed by atoms with van der Waals surface area (Å²) >= 11 is 0. The number of aldehydes is 1.